The van der Waals surface area contributed by atoms with Crippen LogP contribution in [0.15, 0.2) is 39.3 Å². The number of ether oxygens (including phenoxy) is 4. The SMILES string of the molecule is CCCCOC(=O)OP(C)(=O)CNc1cc(Br)c(Oc2ccc(OCOC)c(C(C)C)c2)c(Br)c1. The fraction of sp³-hybridized carbons (Fsp3) is 0.458. The number of hydrogen-bond donors (Lipinski definition) is 1. The maximum atomic E-state index is 12.6. The van der Waals surface area contributed by atoms with E-state index in [0.29, 0.717) is 26.1 Å². The molecular weight excluding hydrogens is 605 g/mol. The van der Waals surface area contributed by atoms with Crippen LogP contribution in [0.2, 0.25) is 0 Å². The van der Waals surface area contributed by atoms with Gasteiger partial charge in [0.15, 0.2) is 12.5 Å². The van der Waals surface area contributed by atoms with E-state index in [4.69, 9.17) is 23.5 Å². The van der Waals surface area contributed by atoms with Gasteiger partial charge in [0.1, 0.15) is 17.8 Å². The third-order valence-corrected chi connectivity index (χ3v) is 7.16. The first-order chi connectivity index (χ1) is 16.6. The Hall–Kier alpha value is -1.74. The van der Waals surface area contributed by atoms with Gasteiger partial charge >= 0.3 is 6.16 Å². The highest BCUT2D eigenvalue weighted by Crippen LogP contribution is 2.44. The second-order valence-corrected chi connectivity index (χ2v) is 12.4. The van der Waals surface area contributed by atoms with Gasteiger partial charge in [-0.3, -0.25) is 4.57 Å². The molecule has 2 aromatic carbocycles. The molecule has 2 rings (SSSR count). The highest BCUT2D eigenvalue weighted by molar-refractivity contribution is 9.11. The first-order valence-corrected chi connectivity index (χ1v) is 15.0. The number of carbonyl (C=O) groups is 1. The number of benzene rings is 2. The molecular formula is C24H32Br2NO7P. The molecule has 35 heavy (non-hydrogen) atoms. The fourth-order valence-electron chi connectivity index (χ4n) is 2.92. The van der Waals surface area contributed by atoms with Gasteiger partial charge in [-0.2, -0.15) is 0 Å². The number of methoxy groups -OCH3 is 1. The van der Waals surface area contributed by atoms with Gasteiger partial charge in [0, 0.05) is 25.0 Å². The van der Waals surface area contributed by atoms with Crippen molar-refractivity contribution in [3.63, 3.8) is 0 Å². The lowest BCUT2D eigenvalue weighted by atomic mass is 10.0. The number of anilines is 1. The predicted octanol–water partition coefficient (Wildman–Crippen LogP) is 8.34. The summed E-state index contributed by atoms with van der Waals surface area (Å²) in [5.41, 5.74) is 1.66. The second-order valence-electron chi connectivity index (χ2n) is 8.17. The van der Waals surface area contributed by atoms with Crippen molar-refractivity contribution in [2.75, 3.05) is 38.8 Å². The summed E-state index contributed by atoms with van der Waals surface area (Å²) < 4.78 is 40.7. The molecule has 1 N–H and O–H groups in total. The smallest absolute Gasteiger partial charge is 0.467 e. The fourth-order valence-corrected chi connectivity index (χ4v) is 5.17. The Bertz CT molecular complexity index is 1030. The number of unbranched alkanes of at least 4 members (excludes halogenated alkanes) is 1. The molecule has 0 aliphatic carbocycles. The van der Waals surface area contributed by atoms with Crippen LogP contribution >= 0.6 is 39.2 Å². The molecule has 0 fully saturated rings. The zero-order chi connectivity index (χ0) is 26.0. The average molecular weight is 637 g/mol. The summed E-state index contributed by atoms with van der Waals surface area (Å²) in [7, 11) is -1.68. The molecule has 0 amide bonds. The number of nitrogens with one attached hydrogen (secondary N) is 1. The number of halogens is 2. The van der Waals surface area contributed by atoms with Crippen molar-refractivity contribution in [1.29, 1.82) is 0 Å². The largest absolute Gasteiger partial charge is 0.513 e. The van der Waals surface area contributed by atoms with E-state index in [0.717, 1.165) is 24.2 Å². The van der Waals surface area contributed by atoms with E-state index >= 15 is 0 Å². The van der Waals surface area contributed by atoms with Crippen LogP contribution in [0.3, 0.4) is 0 Å². The third kappa shape index (κ3) is 9.67. The summed E-state index contributed by atoms with van der Waals surface area (Å²) in [6.07, 6.45) is 0.643. The third-order valence-electron chi connectivity index (χ3n) is 4.71. The molecule has 2 aromatic rings. The molecule has 194 valence electrons. The van der Waals surface area contributed by atoms with Crippen molar-refractivity contribution < 1.29 is 32.8 Å². The molecule has 0 bridgehead atoms. The van der Waals surface area contributed by atoms with Gasteiger partial charge in [-0.05, 0) is 74.5 Å². The predicted molar refractivity (Wildman–Crippen MR) is 144 cm³/mol. The molecule has 1 atom stereocenters. The van der Waals surface area contributed by atoms with E-state index in [1.807, 2.05) is 25.1 Å². The van der Waals surface area contributed by atoms with E-state index in [2.05, 4.69) is 51.0 Å². The summed E-state index contributed by atoms with van der Waals surface area (Å²) >= 11 is 7.07. The topological polar surface area (TPSA) is 92.3 Å². The summed E-state index contributed by atoms with van der Waals surface area (Å²) in [5.74, 6) is 2.19. The molecule has 0 aliphatic rings. The molecule has 1 unspecified atom stereocenters. The van der Waals surface area contributed by atoms with Gasteiger partial charge in [0.25, 0.3) is 7.37 Å². The molecule has 8 nitrogen and oxygen atoms in total. The van der Waals surface area contributed by atoms with E-state index < -0.39 is 13.5 Å². The molecule has 0 saturated heterocycles. The van der Waals surface area contributed by atoms with Crippen molar-refractivity contribution >= 4 is 51.1 Å². The average Bonchev–Trinajstić information content (AvgIpc) is 2.79. The molecule has 0 radical (unpaired) electrons. The monoisotopic (exact) mass is 635 g/mol. The lowest BCUT2D eigenvalue weighted by Gasteiger charge is -2.18. The van der Waals surface area contributed by atoms with Crippen molar-refractivity contribution in [3.05, 3.63) is 44.8 Å². The summed E-state index contributed by atoms with van der Waals surface area (Å²) in [6.45, 7) is 7.92. The molecule has 0 heterocycles. The highest BCUT2D eigenvalue weighted by atomic mass is 79.9. The van der Waals surface area contributed by atoms with E-state index in [9.17, 15) is 9.36 Å². The van der Waals surface area contributed by atoms with Crippen molar-refractivity contribution in [2.45, 2.75) is 39.5 Å². The molecule has 0 aliphatic heterocycles. The van der Waals surface area contributed by atoms with Gasteiger partial charge in [0.05, 0.1) is 15.6 Å². The Morgan fingerprint density at radius 2 is 1.83 bits per heavy atom. The zero-order valence-corrected chi connectivity index (χ0v) is 24.6. The Labute approximate surface area is 223 Å². The minimum absolute atomic E-state index is 0.0460. The highest BCUT2D eigenvalue weighted by Gasteiger charge is 2.22. The summed E-state index contributed by atoms with van der Waals surface area (Å²) in [6, 6.07) is 9.20. The zero-order valence-electron chi connectivity index (χ0n) is 20.6. The summed E-state index contributed by atoms with van der Waals surface area (Å²) in [5, 5.41) is 3.04. The van der Waals surface area contributed by atoms with Crippen molar-refractivity contribution in [1.82, 2.24) is 0 Å². The van der Waals surface area contributed by atoms with Crippen LogP contribution in [-0.4, -0.2) is 39.6 Å². The van der Waals surface area contributed by atoms with Gasteiger partial charge in [-0.15, -0.1) is 0 Å². The van der Waals surface area contributed by atoms with Crippen LogP contribution in [0.4, 0.5) is 10.5 Å². The van der Waals surface area contributed by atoms with Crippen molar-refractivity contribution in [3.8, 4) is 17.2 Å². The maximum Gasteiger partial charge on any atom is 0.513 e. The van der Waals surface area contributed by atoms with Crippen LogP contribution < -0.4 is 14.8 Å². The molecule has 0 saturated carbocycles. The van der Waals surface area contributed by atoms with E-state index in [-0.39, 0.29) is 25.6 Å². The number of rotatable bonds is 13. The van der Waals surface area contributed by atoms with Gasteiger partial charge in [-0.1, -0.05) is 27.2 Å². The molecule has 0 spiro atoms. The second kappa shape index (κ2) is 14.1. The standard InChI is InChI=1S/C24H32Br2NO7P/c1-6-7-10-31-24(28)34-35(5,29)14-27-17-11-20(25)23(21(26)12-17)33-18-8-9-22(32-15-30-4)19(13-18)16(2)3/h8-9,11-13,16,27H,6-7,10,14-15H2,1-5H3. The van der Waals surface area contributed by atoms with Crippen LogP contribution in [0.1, 0.15) is 45.1 Å². The van der Waals surface area contributed by atoms with Crippen LogP contribution in [0.25, 0.3) is 0 Å². The lowest BCUT2D eigenvalue weighted by molar-refractivity contribution is 0.0502. The minimum atomic E-state index is -3.26. The van der Waals surface area contributed by atoms with Gasteiger partial charge in [-0.25, -0.2) is 4.79 Å². The lowest BCUT2D eigenvalue weighted by Crippen LogP contribution is -2.11. The minimum Gasteiger partial charge on any atom is -0.467 e. The Morgan fingerprint density at radius 1 is 1.14 bits per heavy atom. The number of hydrogen-bond acceptors (Lipinski definition) is 8. The normalized spacial score (nSPS) is 12.7. The van der Waals surface area contributed by atoms with E-state index in [1.165, 1.54) is 6.66 Å². The Kier molecular flexibility index (Phi) is 11.9. The Morgan fingerprint density at radius 3 is 2.43 bits per heavy atom. The maximum absolute atomic E-state index is 12.6. The van der Waals surface area contributed by atoms with E-state index in [1.54, 1.807) is 19.2 Å². The molecule has 0 aromatic heterocycles. The first-order valence-electron chi connectivity index (χ1n) is 11.2. The quantitative estimate of drug-likeness (QED) is 0.101. The van der Waals surface area contributed by atoms with Gasteiger partial charge < -0.3 is 28.8 Å². The number of carbonyl (C=O) groups excluding carboxylic acids is 1. The van der Waals surface area contributed by atoms with Gasteiger partial charge in [0.2, 0.25) is 0 Å². The van der Waals surface area contributed by atoms with Crippen LogP contribution in [0, 0.1) is 0 Å². The van der Waals surface area contributed by atoms with Crippen LogP contribution in [0.5, 0.6) is 17.2 Å². The summed E-state index contributed by atoms with van der Waals surface area (Å²) in [4.78, 5) is 11.7. The Balaban J connectivity index is 2.08. The van der Waals surface area contributed by atoms with Crippen LogP contribution in [-0.2, 0) is 18.6 Å². The van der Waals surface area contributed by atoms with Crippen molar-refractivity contribution in [2.24, 2.45) is 0 Å². The molecule has 11 heteroatoms. The first kappa shape index (κ1) is 29.5.